The van der Waals surface area contributed by atoms with Gasteiger partial charge in [0.05, 0.1) is 0 Å². The van der Waals surface area contributed by atoms with E-state index in [1.54, 1.807) is 0 Å². The Kier molecular flexibility index (Phi) is 3.42. The van der Waals surface area contributed by atoms with E-state index in [2.05, 4.69) is 36.7 Å². The lowest BCUT2D eigenvalue weighted by atomic mass is 9.95. The molecule has 1 heteroatoms. The van der Waals surface area contributed by atoms with E-state index in [1.165, 1.54) is 19.3 Å². The van der Waals surface area contributed by atoms with Crippen LogP contribution in [0.15, 0.2) is 0 Å². The topological polar surface area (TPSA) is 0 Å². The Morgan fingerprint density at radius 2 is 1.91 bits per heavy atom. The summed E-state index contributed by atoms with van der Waals surface area (Å²) in [5.41, 5.74) is 0. The standard InChI is InChI=1S/C10H19Br/c1-7(2)10(11)9-5-4-8(3)6-9/h7-10H,4-6H2,1-3H3. The Morgan fingerprint density at radius 1 is 1.27 bits per heavy atom. The van der Waals surface area contributed by atoms with Crippen molar-refractivity contribution in [1.82, 2.24) is 0 Å². The molecule has 0 N–H and O–H groups in total. The number of alkyl halides is 1. The molecule has 0 aliphatic heterocycles. The summed E-state index contributed by atoms with van der Waals surface area (Å²) in [7, 11) is 0. The summed E-state index contributed by atoms with van der Waals surface area (Å²) in [5.74, 6) is 2.72. The molecule has 66 valence electrons. The van der Waals surface area contributed by atoms with Gasteiger partial charge in [0, 0.05) is 4.83 Å². The fourth-order valence-electron chi connectivity index (χ4n) is 2.08. The van der Waals surface area contributed by atoms with Crippen LogP contribution in [0.25, 0.3) is 0 Å². The molecule has 0 spiro atoms. The zero-order valence-electron chi connectivity index (χ0n) is 7.81. The first-order valence-electron chi connectivity index (χ1n) is 4.75. The summed E-state index contributed by atoms with van der Waals surface area (Å²) in [4.78, 5) is 0.757. The third kappa shape index (κ3) is 2.47. The lowest BCUT2D eigenvalue weighted by Gasteiger charge is -2.20. The second-order valence-electron chi connectivity index (χ2n) is 4.37. The van der Waals surface area contributed by atoms with Crippen molar-refractivity contribution in [3.8, 4) is 0 Å². The predicted octanol–water partition coefficient (Wildman–Crippen LogP) is 3.84. The average molecular weight is 219 g/mol. The molecule has 0 aromatic rings. The van der Waals surface area contributed by atoms with Crippen LogP contribution in [0.4, 0.5) is 0 Å². The van der Waals surface area contributed by atoms with E-state index >= 15 is 0 Å². The molecule has 0 aromatic heterocycles. The molecule has 3 unspecified atom stereocenters. The van der Waals surface area contributed by atoms with Gasteiger partial charge in [-0.15, -0.1) is 0 Å². The minimum atomic E-state index is 0.757. The summed E-state index contributed by atoms with van der Waals surface area (Å²) in [6, 6.07) is 0. The molecule has 0 radical (unpaired) electrons. The first-order chi connectivity index (χ1) is 5.11. The van der Waals surface area contributed by atoms with Crippen molar-refractivity contribution in [3.05, 3.63) is 0 Å². The molecule has 11 heavy (non-hydrogen) atoms. The molecule has 1 fully saturated rings. The van der Waals surface area contributed by atoms with E-state index in [4.69, 9.17) is 0 Å². The summed E-state index contributed by atoms with van der Waals surface area (Å²) >= 11 is 3.80. The molecule has 1 aliphatic carbocycles. The highest BCUT2D eigenvalue weighted by molar-refractivity contribution is 9.09. The van der Waals surface area contributed by atoms with E-state index in [-0.39, 0.29) is 0 Å². The summed E-state index contributed by atoms with van der Waals surface area (Å²) < 4.78 is 0. The Balaban J connectivity index is 2.36. The maximum atomic E-state index is 3.80. The quantitative estimate of drug-likeness (QED) is 0.619. The summed E-state index contributed by atoms with van der Waals surface area (Å²) in [6.45, 7) is 6.99. The van der Waals surface area contributed by atoms with Crippen LogP contribution < -0.4 is 0 Å². The highest BCUT2D eigenvalue weighted by Gasteiger charge is 2.28. The van der Waals surface area contributed by atoms with Gasteiger partial charge < -0.3 is 0 Å². The SMILES string of the molecule is CC1CCC(C(Br)C(C)C)C1. The van der Waals surface area contributed by atoms with Crippen molar-refractivity contribution in [2.24, 2.45) is 17.8 Å². The molecule has 3 atom stereocenters. The molecule has 0 aromatic carbocycles. The van der Waals surface area contributed by atoms with Crippen LogP contribution in [0.1, 0.15) is 40.0 Å². The minimum absolute atomic E-state index is 0.757. The monoisotopic (exact) mass is 218 g/mol. The van der Waals surface area contributed by atoms with Crippen LogP contribution >= 0.6 is 15.9 Å². The van der Waals surface area contributed by atoms with Crippen molar-refractivity contribution in [3.63, 3.8) is 0 Å². The maximum absolute atomic E-state index is 3.80. The van der Waals surface area contributed by atoms with Crippen molar-refractivity contribution >= 4 is 15.9 Å². The van der Waals surface area contributed by atoms with Crippen LogP contribution in [0.5, 0.6) is 0 Å². The van der Waals surface area contributed by atoms with Gasteiger partial charge in [0.25, 0.3) is 0 Å². The Hall–Kier alpha value is 0.480. The molecule has 0 nitrogen and oxygen atoms in total. The second-order valence-corrected chi connectivity index (χ2v) is 5.42. The van der Waals surface area contributed by atoms with E-state index < -0.39 is 0 Å². The summed E-state index contributed by atoms with van der Waals surface area (Å²) in [5, 5.41) is 0. The van der Waals surface area contributed by atoms with Crippen molar-refractivity contribution < 1.29 is 0 Å². The van der Waals surface area contributed by atoms with Crippen molar-refractivity contribution in [2.45, 2.75) is 44.9 Å². The highest BCUT2D eigenvalue weighted by atomic mass is 79.9. The van der Waals surface area contributed by atoms with Gasteiger partial charge in [0.1, 0.15) is 0 Å². The van der Waals surface area contributed by atoms with Gasteiger partial charge in [-0.05, 0) is 30.6 Å². The molecule has 1 saturated carbocycles. The fourth-order valence-corrected chi connectivity index (χ4v) is 2.56. The van der Waals surface area contributed by atoms with Gasteiger partial charge in [0.15, 0.2) is 0 Å². The third-order valence-corrected chi connectivity index (χ3v) is 4.63. The molecule has 0 saturated heterocycles. The summed E-state index contributed by atoms with van der Waals surface area (Å²) in [6.07, 6.45) is 4.32. The van der Waals surface area contributed by atoms with Crippen LogP contribution in [-0.4, -0.2) is 4.83 Å². The second kappa shape index (κ2) is 3.93. The van der Waals surface area contributed by atoms with Gasteiger partial charge in [-0.25, -0.2) is 0 Å². The lowest BCUT2D eigenvalue weighted by Crippen LogP contribution is -2.17. The van der Waals surface area contributed by atoms with Gasteiger partial charge in [-0.1, -0.05) is 43.1 Å². The first-order valence-corrected chi connectivity index (χ1v) is 5.67. The zero-order chi connectivity index (χ0) is 8.43. The Bertz CT molecular complexity index is 120. The smallest absolute Gasteiger partial charge is 0.0197 e. The van der Waals surface area contributed by atoms with E-state index in [0.29, 0.717) is 0 Å². The van der Waals surface area contributed by atoms with E-state index in [0.717, 1.165) is 22.6 Å². The molecule has 0 amide bonds. The molecular formula is C10H19Br. The van der Waals surface area contributed by atoms with Crippen LogP contribution in [0.2, 0.25) is 0 Å². The average Bonchev–Trinajstić information content (AvgIpc) is 2.34. The van der Waals surface area contributed by atoms with Gasteiger partial charge in [-0.2, -0.15) is 0 Å². The van der Waals surface area contributed by atoms with E-state index in [1.807, 2.05) is 0 Å². The molecular weight excluding hydrogens is 200 g/mol. The first kappa shape index (κ1) is 9.57. The fraction of sp³-hybridized carbons (Fsp3) is 1.00. The Labute approximate surface area is 78.9 Å². The molecule has 1 aliphatic rings. The number of hydrogen-bond acceptors (Lipinski definition) is 0. The Morgan fingerprint density at radius 3 is 2.27 bits per heavy atom. The third-order valence-electron chi connectivity index (χ3n) is 2.82. The van der Waals surface area contributed by atoms with E-state index in [9.17, 15) is 0 Å². The molecule has 0 heterocycles. The number of rotatable bonds is 2. The molecule has 1 rings (SSSR count). The number of halogens is 1. The molecule has 0 bridgehead atoms. The van der Waals surface area contributed by atoms with Crippen LogP contribution in [-0.2, 0) is 0 Å². The zero-order valence-corrected chi connectivity index (χ0v) is 9.39. The maximum Gasteiger partial charge on any atom is 0.0197 e. The predicted molar refractivity (Wildman–Crippen MR) is 54.1 cm³/mol. The van der Waals surface area contributed by atoms with Crippen molar-refractivity contribution in [1.29, 1.82) is 0 Å². The van der Waals surface area contributed by atoms with Crippen molar-refractivity contribution in [2.75, 3.05) is 0 Å². The van der Waals surface area contributed by atoms with Crippen LogP contribution in [0, 0.1) is 17.8 Å². The van der Waals surface area contributed by atoms with Gasteiger partial charge in [0.2, 0.25) is 0 Å². The largest absolute Gasteiger partial charge is 0.0885 e. The van der Waals surface area contributed by atoms with Gasteiger partial charge in [-0.3, -0.25) is 0 Å². The number of hydrogen-bond donors (Lipinski definition) is 0. The highest BCUT2D eigenvalue weighted by Crippen LogP contribution is 2.37. The lowest BCUT2D eigenvalue weighted by molar-refractivity contribution is 0.430. The normalized spacial score (nSPS) is 34.6. The van der Waals surface area contributed by atoms with Crippen LogP contribution in [0.3, 0.4) is 0 Å². The minimum Gasteiger partial charge on any atom is -0.0885 e. The van der Waals surface area contributed by atoms with Gasteiger partial charge >= 0.3 is 0 Å².